The standard InChI is InChI=1S/C23H31NO3/c1-7-26-22-17(5)23-20(16(4)18(6)27-23)13-19(22)14(2)12-21(25)24-11-9-8-10-15(24)3/h12-13,15H,7-11H2,1-6H3/b14-12+. The van der Waals surface area contributed by atoms with Crippen LogP contribution in [0.2, 0.25) is 0 Å². The van der Waals surface area contributed by atoms with E-state index in [4.69, 9.17) is 9.15 Å². The number of nitrogens with zero attached hydrogens (tertiary/aromatic N) is 1. The molecule has 1 amide bonds. The van der Waals surface area contributed by atoms with Crippen LogP contribution in [0.4, 0.5) is 0 Å². The van der Waals surface area contributed by atoms with Crippen molar-refractivity contribution in [2.75, 3.05) is 13.2 Å². The average Bonchev–Trinajstić information content (AvgIpc) is 2.92. The number of carbonyl (C=O) groups is 1. The molecule has 4 heteroatoms. The molecule has 0 aliphatic carbocycles. The number of aryl methyl sites for hydroxylation is 3. The fourth-order valence-electron chi connectivity index (χ4n) is 4.01. The molecule has 146 valence electrons. The van der Waals surface area contributed by atoms with Gasteiger partial charge >= 0.3 is 0 Å². The van der Waals surface area contributed by atoms with Crippen molar-refractivity contribution in [3.8, 4) is 5.75 Å². The van der Waals surface area contributed by atoms with Crippen molar-refractivity contribution in [1.29, 1.82) is 0 Å². The van der Waals surface area contributed by atoms with Crippen molar-refractivity contribution >= 4 is 22.4 Å². The first-order valence-electron chi connectivity index (χ1n) is 10.0. The summed E-state index contributed by atoms with van der Waals surface area (Å²) in [6.45, 7) is 13.6. The number of piperidine rings is 1. The Kier molecular flexibility index (Phi) is 5.64. The second kappa shape index (κ2) is 7.79. The minimum Gasteiger partial charge on any atom is -0.493 e. The van der Waals surface area contributed by atoms with Crippen molar-refractivity contribution in [3.63, 3.8) is 0 Å². The van der Waals surface area contributed by atoms with Gasteiger partial charge in [0.05, 0.1) is 6.61 Å². The van der Waals surface area contributed by atoms with Crippen molar-refractivity contribution in [3.05, 3.63) is 34.6 Å². The zero-order chi connectivity index (χ0) is 19.7. The first-order valence-corrected chi connectivity index (χ1v) is 10.0. The van der Waals surface area contributed by atoms with Crippen LogP contribution >= 0.6 is 0 Å². The number of rotatable bonds is 4. The molecule has 1 aromatic carbocycles. The summed E-state index contributed by atoms with van der Waals surface area (Å²) in [6, 6.07) is 2.42. The van der Waals surface area contributed by atoms with Gasteiger partial charge in [-0.2, -0.15) is 0 Å². The molecule has 3 rings (SSSR count). The predicted octanol–water partition coefficient (Wildman–Crippen LogP) is 5.56. The molecule has 0 saturated carbocycles. The molecular formula is C23H31NO3. The van der Waals surface area contributed by atoms with Gasteiger partial charge in [-0.05, 0) is 78.0 Å². The van der Waals surface area contributed by atoms with Crippen LogP contribution in [0.1, 0.15) is 62.5 Å². The predicted molar refractivity (Wildman–Crippen MR) is 110 cm³/mol. The molecule has 0 spiro atoms. The molecule has 2 aromatic rings. The summed E-state index contributed by atoms with van der Waals surface area (Å²) in [5.74, 6) is 1.83. The van der Waals surface area contributed by atoms with E-state index in [2.05, 4.69) is 19.9 Å². The molecule has 1 saturated heterocycles. The minimum atomic E-state index is 0.0972. The van der Waals surface area contributed by atoms with Crippen LogP contribution in [0.15, 0.2) is 16.6 Å². The highest BCUT2D eigenvalue weighted by atomic mass is 16.5. The molecule has 0 radical (unpaired) electrons. The molecule has 27 heavy (non-hydrogen) atoms. The number of benzene rings is 1. The maximum Gasteiger partial charge on any atom is 0.247 e. The summed E-state index contributed by atoms with van der Waals surface area (Å²) in [5, 5.41) is 1.09. The summed E-state index contributed by atoms with van der Waals surface area (Å²) >= 11 is 0. The number of allylic oxidation sites excluding steroid dienone is 1. The van der Waals surface area contributed by atoms with Gasteiger partial charge in [0.1, 0.15) is 17.1 Å². The molecule has 1 atom stereocenters. The van der Waals surface area contributed by atoms with Gasteiger partial charge in [0.2, 0.25) is 5.91 Å². The summed E-state index contributed by atoms with van der Waals surface area (Å²) < 4.78 is 11.9. The molecule has 0 N–H and O–H groups in total. The summed E-state index contributed by atoms with van der Waals surface area (Å²) in [5.41, 5.74) is 4.92. The lowest BCUT2D eigenvalue weighted by Gasteiger charge is -2.32. The average molecular weight is 370 g/mol. The fraction of sp³-hybridized carbons (Fsp3) is 0.522. The van der Waals surface area contributed by atoms with Gasteiger partial charge in [0.25, 0.3) is 0 Å². The summed E-state index contributed by atoms with van der Waals surface area (Å²) in [4.78, 5) is 14.9. The Hall–Kier alpha value is -2.23. The normalized spacial score (nSPS) is 18.2. The molecular weight excluding hydrogens is 338 g/mol. The second-order valence-electron chi connectivity index (χ2n) is 7.67. The summed E-state index contributed by atoms with van der Waals surface area (Å²) in [6.07, 6.45) is 5.15. The molecule has 1 aromatic heterocycles. The highest BCUT2D eigenvalue weighted by Crippen LogP contribution is 2.39. The minimum absolute atomic E-state index is 0.0972. The third-order valence-corrected chi connectivity index (χ3v) is 5.79. The van der Waals surface area contributed by atoms with Crippen LogP contribution in [0, 0.1) is 20.8 Å². The topological polar surface area (TPSA) is 42.7 Å². The lowest BCUT2D eigenvalue weighted by Crippen LogP contribution is -2.41. The molecule has 1 aliphatic rings. The largest absolute Gasteiger partial charge is 0.493 e. The van der Waals surface area contributed by atoms with E-state index in [0.717, 1.165) is 64.1 Å². The van der Waals surface area contributed by atoms with Crippen molar-refractivity contribution in [2.24, 2.45) is 0 Å². The molecule has 0 bridgehead atoms. The van der Waals surface area contributed by atoms with Crippen molar-refractivity contribution in [1.82, 2.24) is 4.90 Å². The van der Waals surface area contributed by atoms with Crippen LogP contribution in [0.3, 0.4) is 0 Å². The SMILES string of the molecule is CCOc1c(/C(C)=C/C(=O)N2CCCCC2C)cc2c(C)c(C)oc2c1C. The van der Waals surface area contributed by atoms with Gasteiger partial charge in [0.15, 0.2) is 0 Å². The van der Waals surface area contributed by atoms with E-state index in [1.54, 1.807) is 6.08 Å². The van der Waals surface area contributed by atoms with Gasteiger partial charge in [0, 0.05) is 35.2 Å². The van der Waals surface area contributed by atoms with Crippen LogP contribution in [-0.4, -0.2) is 30.0 Å². The number of hydrogen-bond donors (Lipinski definition) is 0. The molecule has 1 aliphatic heterocycles. The maximum absolute atomic E-state index is 12.9. The van der Waals surface area contributed by atoms with Crippen LogP contribution in [-0.2, 0) is 4.79 Å². The first-order chi connectivity index (χ1) is 12.8. The Morgan fingerprint density at radius 3 is 2.70 bits per heavy atom. The van der Waals surface area contributed by atoms with Gasteiger partial charge in [-0.25, -0.2) is 0 Å². The number of furan rings is 1. The quantitative estimate of drug-likeness (QED) is 0.663. The van der Waals surface area contributed by atoms with Crippen LogP contribution in [0.25, 0.3) is 16.5 Å². The third kappa shape index (κ3) is 3.62. The third-order valence-electron chi connectivity index (χ3n) is 5.79. The fourth-order valence-corrected chi connectivity index (χ4v) is 4.01. The Morgan fingerprint density at radius 2 is 2.04 bits per heavy atom. The lowest BCUT2D eigenvalue weighted by molar-refractivity contribution is -0.129. The van der Waals surface area contributed by atoms with E-state index in [0.29, 0.717) is 12.6 Å². The number of hydrogen-bond acceptors (Lipinski definition) is 3. The molecule has 1 unspecified atom stereocenters. The number of fused-ring (bicyclic) bond motifs is 1. The van der Waals surface area contributed by atoms with Crippen LogP contribution in [0.5, 0.6) is 5.75 Å². The number of likely N-dealkylation sites (tertiary alicyclic amines) is 1. The van der Waals surface area contributed by atoms with E-state index >= 15 is 0 Å². The smallest absolute Gasteiger partial charge is 0.247 e. The molecule has 2 heterocycles. The van der Waals surface area contributed by atoms with Gasteiger partial charge in [-0.3, -0.25) is 4.79 Å². The van der Waals surface area contributed by atoms with Crippen molar-refractivity contribution < 1.29 is 13.9 Å². The zero-order valence-electron chi connectivity index (χ0n) is 17.4. The van der Waals surface area contributed by atoms with Crippen molar-refractivity contribution in [2.45, 2.75) is 66.8 Å². The van der Waals surface area contributed by atoms with E-state index in [1.165, 1.54) is 6.42 Å². The highest BCUT2D eigenvalue weighted by Gasteiger charge is 2.23. The van der Waals surface area contributed by atoms with Crippen LogP contribution < -0.4 is 4.74 Å². The Balaban J connectivity index is 2.06. The van der Waals surface area contributed by atoms with Gasteiger partial charge in [-0.15, -0.1) is 0 Å². The molecule has 1 fully saturated rings. The summed E-state index contributed by atoms with van der Waals surface area (Å²) in [7, 11) is 0. The second-order valence-corrected chi connectivity index (χ2v) is 7.67. The lowest BCUT2D eigenvalue weighted by atomic mass is 9.97. The van der Waals surface area contributed by atoms with Gasteiger partial charge in [-0.1, -0.05) is 0 Å². The highest BCUT2D eigenvalue weighted by molar-refractivity contribution is 5.98. The molecule has 4 nitrogen and oxygen atoms in total. The van der Waals surface area contributed by atoms with E-state index < -0.39 is 0 Å². The van der Waals surface area contributed by atoms with E-state index in [-0.39, 0.29) is 5.91 Å². The Morgan fingerprint density at radius 1 is 1.30 bits per heavy atom. The zero-order valence-corrected chi connectivity index (χ0v) is 17.4. The number of amides is 1. The Labute approximate surface area is 162 Å². The number of ether oxygens (including phenoxy) is 1. The Bertz CT molecular complexity index is 891. The number of carbonyl (C=O) groups excluding carboxylic acids is 1. The van der Waals surface area contributed by atoms with E-state index in [9.17, 15) is 4.79 Å². The first kappa shape index (κ1) is 19.5. The monoisotopic (exact) mass is 369 g/mol. The van der Waals surface area contributed by atoms with E-state index in [1.807, 2.05) is 32.6 Å². The maximum atomic E-state index is 12.9. The van der Waals surface area contributed by atoms with Gasteiger partial charge < -0.3 is 14.1 Å².